The van der Waals surface area contributed by atoms with E-state index in [2.05, 4.69) is 35.4 Å². The van der Waals surface area contributed by atoms with Gasteiger partial charge in [0.25, 0.3) is 0 Å². The van der Waals surface area contributed by atoms with Crippen molar-refractivity contribution in [1.29, 1.82) is 0 Å². The maximum atomic E-state index is 4.37. The smallest absolute Gasteiger partial charge is 0.0753 e. The van der Waals surface area contributed by atoms with Crippen molar-refractivity contribution in [2.24, 2.45) is 0 Å². The van der Waals surface area contributed by atoms with Gasteiger partial charge in [0.05, 0.1) is 11.9 Å². The number of hydrogen-bond acceptors (Lipinski definition) is 3. The molecule has 1 fully saturated rings. The molecular formula is C11H20N4. The lowest BCUT2D eigenvalue weighted by molar-refractivity contribution is 0.532. The highest BCUT2D eigenvalue weighted by Gasteiger charge is 2.22. The van der Waals surface area contributed by atoms with E-state index in [9.17, 15) is 0 Å². The van der Waals surface area contributed by atoms with Crippen molar-refractivity contribution in [2.45, 2.75) is 32.4 Å². The van der Waals surface area contributed by atoms with Crippen molar-refractivity contribution in [2.75, 3.05) is 25.0 Å². The zero-order valence-electron chi connectivity index (χ0n) is 9.77. The van der Waals surface area contributed by atoms with E-state index in [4.69, 9.17) is 0 Å². The summed E-state index contributed by atoms with van der Waals surface area (Å²) in [6.07, 6.45) is 5.34. The molecule has 1 unspecified atom stereocenters. The Kier molecular flexibility index (Phi) is 2.95. The van der Waals surface area contributed by atoms with Crippen LogP contribution in [0.2, 0.25) is 0 Å². The van der Waals surface area contributed by atoms with Crippen molar-refractivity contribution < 1.29 is 0 Å². The van der Waals surface area contributed by atoms with E-state index in [1.54, 1.807) is 0 Å². The summed E-state index contributed by atoms with van der Waals surface area (Å²) in [6, 6.07) is 1.08. The Bertz CT molecular complexity index is 318. The Morgan fingerprint density at radius 3 is 2.87 bits per heavy atom. The van der Waals surface area contributed by atoms with Crippen LogP contribution in [-0.4, -0.2) is 36.0 Å². The van der Waals surface area contributed by atoms with Crippen LogP contribution < -0.4 is 10.2 Å². The summed E-state index contributed by atoms with van der Waals surface area (Å²) in [7, 11) is 2.03. The molecule has 0 saturated carbocycles. The quantitative estimate of drug-likeness (QED) is 0.812. The molecule has 15 heavy (non-hydrogen) atoms. The maximum absolute atomic E-state index is 4.37. The lowest BCUT2D eigenvalue weighted by Crippen LogP contribution is -2.29. The average molecular weight is 208 g/mol. The first-order chi connectivity index (χ1) is 7.20. The minimum atomic E-state index is 0.446. The number of anilines is 1. The summed E-state index contributed by atoms with van der Waals surface area (Å²) in [5.74, 6) is 0. The molecule has 1 aromatic rings. The number of hydrogen-bond donors (Lipinski definition) is 1. The van der Waals surface area contributed by atoms with Gasteiger partial charge in [-0.25, -0.2) is 0 Å². The molecule has 1 aliphatic rings. The molecule has 0 aromatic carbocycles. The number of likely N-dealkylation sites (N-methyl/N-ethyl adjacent to an activating group) is 1. The molecule has 0 radical (unpaired) electrons. The molecule has 1 atom stereocenters. The van der Waals surface area contributed by atoms with Crippen molar-refractivity contribution in [3.8, 4) is 0 Å². The standard InChI is InChI=1S/C11H20N4/c1-9(2)15-8-11(6-13-15)14-5-4-10(7-14)12-3/h6,8-10,12H,4-5,7H2,1-3H3. The molecule has 1 aromatic heterocycles. The van der Waals surface area contributed by atoms with Gasteiger partial charge in [0, 0.05) is 31.4 Å². The second kappa shape index (κ2) is 4.23. The number of nitrogens with zero attached hydrogens (tertiary/aromatic N) is 3. The van der Waals surface area contributed by atoms with Gasteiger partial charge in [-0.2, -0.15) is 5.10 Å². The largest absolute Gasteiger partial charge is 0.367 e. The normalized spacial score (nSPS) is 21.6. The van der Waals surface area contributed by atoms with Crippen molar-refractivity contribution in [3.05, 3.63) is 12.4 Å². The predicted octanol–water partition coefficient (Wildman–Crippen LogP) is 1.26. The van der Waals surface area contributed by atoms with Gasteiger partial charge in [0.2, 0.25) is 0 Å². The topological polar surface area (TPSA) is 33.1 Å². The molecule has 2 heterocycles. The van der Waals surface area contributed by atoms with Gasteiger partial charge in [-0.05, 0) is 27.3 Å². The molecule has 2 rings (SSSR count). The fourth-order valence-electron chi connectivity index (χ4n) is 2.00. The maximum Gasteiger partial charge on any atom is 0.0753 e. The van der Waals surface area contributed by atoms with Crippen LogP contribution in [0.25, 0.3) is 0 Å². The molecule has 0 bridgehead atoms. The van der Waals surface area contributed by atoms with Crippen molar-refractivity contribution in [1.82, 2.24) is 15.1 Å². The average Bonchev–Trinajstić information content (AvgIpc) is 2.86. The van der Waals surface area contributed by atoms with Crippen LogP contribution in [0, 0.1) is 0 Å². The summed E-state index contributed by atoms with van der Waals surface area (Å²) < 4.78 is 2.02. The minimum Gasteiger partial charge on any atom is -0.367 e. The Hall–Kier alpha value is -1.03. The van der Waals surface area contributed by atoms with Gasteiger partial charge in [-0.15, -0.1) is 0 Å². The van der Waals surface area contributed by atoms with Crippen molar-refractivity contribution in [3.63, 3.8) is 0 Å². The fourth-order valence-corrected chi connectivity index (χ4v) is 2.00. The predicted molar refractivity (Wildman–Crippen MR) is 62.3 cm³/mol. The summed E-state index contributed by atoms with van der Waals surface area (Å²) in [6.45, 7) is 6.53. The SMILES string of the molecule is CNC1CCN(c2cnn(C(C)C)c2)C1. The van der Waals surface area contributed by atoms with Crippen LogP contribution in [-0.2, 0) is 0 Å². The Balaban J connectivity index is 2.04. The van der Waals surface area contributed by atoms with Crippen LogP contribution in [0.3, 0.4) is 0 Å². The second-order valence-electron chi connectivity index (χ2n) is 4.49. The molecular weight excluding hydrogens is 188 g/mol. The first-order valence-corrected chi connectivity index (χ1v) is 5.67. The van der Waals surface area contributed by atoms with E-state index in [-0.39, 0.29) is 0 Å². The third-order valence-electron chi connectivity index (χ3n) is 3.08. The monoisotopic (exact) mass is 208 g/mol. The van der Waals surface area contributed by atoms with Gasteiger partial charge in [-0.3, -0.25) is 4.68 Å². The third kappa shape index (κ3) is 2.15. The Labute approximate surface area is 91.3 Å². The molecule has 84 valence electrons. The van der Waals surface area contributed by atoms with Gasteiger partial charge < -0.3 is 10.2 Å². The second-order valence-corrected chi connectivity index (χ2v) is 4.49. The van der Waals surface area contributed by atoms with Crippen LogP contribution in [0.1, 0.15) is 26.3 Å². The van der Waals surface area contributed by atoms with E-state index in [1.807, 2.05) is 17.9 Å². The lowest BCUT2D eigenvalue weighted by atomic mass is 10.3. The summed E-state index contributed by atoms with van der Waals surface area (Å²) >= 11 is 0. The van der Waals surface area contributed by atoms with E-state index < -0.39 is 0 Å². The van der Waals surface area contributed by atoms with E-state index in [0.29, 0.717) is 12.1 Å². The zero-order valence-corrected chi connectivity index (χ0v) is 9.77. The molecule has 0 amide bonds. The van der Waals surface area contributed by atoms with E-state index in [1.165, 1.54) is 12.1 Å². The van der Waals surface area contributed by atoms with E-state index in [0.717, 1.165) is 13.1 Å². The molecule has 0 spiro atoms. The summed E-state index contributed by atoms with van der Waals surface area (Å²) in [5, 5.41) is 7.69. The molecule has 1 N–H and O–H groups in total. The van der Waals surface area contributed by atoms with Crippen molar-refractivity contribution >= 4 is 5.69 Å². The highest BCUT2D eigenvalue weighted by atomic mass is 15.3. The Morgan fingerprint density at radius 2 is 2.33 bits per heavy atom. The van der Waals surface area contributed by atoms with Crippen LogP contribution in [0.4, 0.5) is 5.69 Å². The van der Waals surface area contributed by atoms with Gasteiger partial charge in [-0.1, -0.05) is 0 Å². The highest BCUT2D eigenvalue weighted by Crippen LogP contribution is 2.20. The molecule has 4 nitrogen and oxygen atoms in total. The van der Waals surface area contributed by atoms with Crippen LogP contribution >= 0.6 is 0 Å². The number of nitrogens with one attached hydrogen (secondary N) is 1. The molecule has 4 heteroatoms. The number of aromatic nitrogens is 2. The summed E-state index contributed by atoms with van der Waals surface area (Å²) in [4.78, 5) is 2.40. The third-order valence-corrected chi connectivity index (χ3v) is 3.08. The Morgan fingerprint density at radius 1 is 1.53 bits per heavy atom. The van der Waals surface area contributed by atoms with Gasteiger partial charge >= 0.3 is 0 Å². The molecule has 1 saturated heterocycles. The molecule has 1 aliphatic heterocycles. The van der Waals surface area contributed by atoms with Gasteiger partial charge in [0.15, 0.2) is 0 Å². The number of rotatable bonds is 3. The molecule has 0 aliphatic carbocycles. The highest BCUT2D eigenvalue weighted by molar-refractivity contribution is 5.43. The van der Waals surface area contributed by atoms with Crippen LogP contribution in [0.15, 0.2) is 12.4 Å². The summed E-state index contributed by atoms with van der Waals surface area (Å²) in [5.41, 5.74) is 1.25. The van der Waals surface area contributed by atoms with E-state index >= 15 is 0 Å². The van der Waals surface area contributed by atoms with Crippen LogP contribution in [0.5, 0.6) is 0 Å². The first-order valence-electron chi connectivity index (χ1n) is 5.67. The minimum absolute atomic E-state index is 0.446. The first kappa shape index (κ1) is 10.5. The fraction of sp³-hybridized carbons (Fsp3) is 0.727. The lowest BCUT2D eigenvalue weighted by Gasteiger charge is -2.15. The van der Waals surface area contributed by atoms with Gasteiger partial charge in [0.1, 0.15) is 0 Å². The zero-order chi connectivity index (χ0) is 10.8.